The number of hydrogen-bond donors (Lipinski definition) is 4. The summed E-state index contributed by atoms with van der Waals surface area (Å²) in [5.74, 6) is 0. The van der Waals surface area contributed by atoms with Crippen LogP contribution < -0.4 is 11.5 Å². The average Bonchev–Trinajstić information content (AvgIpc) is 2.16. The van der Waals surface area contributed by atoms with Crippen LogP contribution in [0.1, 0.15) is 13.8 Å². The number of rotatable bonds is 7. The van der Waals surface area contributed by atoms with Gasteiger partial charge in [-0.05, 0) is 13.8 Å². The van der Waals surface area contributed by atoms with Gasteiger partial charge < -0.3 is 21.7 Å². The molecule has 0 aromatic carbocycles. The standard InChI is InChI=1S/C9H23N3O2/c1-7(2)12(5-8(13)3-10)6-9(14)4-11/h7-9,13-14H,3-6,10-11H2,1-2H3/t8-,9-/m0/s1. The second-order valence-corrected chi connectivity index (χ2v) is 3.83. The molecule has 0 heterocycles. The minimum absolute atomic E-state index is 0.238. The van der Waals surface area contributed by atoms with Crippen molar-refractivity contribution in [1.82, 2.24) is 4.90 Å². The first-order chi connectivity index (χ1) is 6.51. The van der Waals surface area contributed by atoms with E-state index in [2.05, 4.69) is 0 Å². The lowest BCUT2D eigenvalue weighted by Gasteiger charge is -2.29. The van der Waals surface area contributed by atoms with Crippen molar-refractivity contribution in [3.8, 4) is 0 Å². The molecule has 0 unspecified atom stereocenters. The van der Waals surface area contributed by atoms with Gasteiger partial charge in [-0.2, -0.15) is 0 Å². The topological polar surface area (TPSA) is 95.7 Å². The number of hydrogen-bond acceptors (Lipinski definition) is 5. The van der Waals surface area contributed by atoms with Gasteiger partial charge in [0.25, 0.3) is 0 Å². The van der Waals surface area contributed by atoms with Gasteiger partial charge >= 0.3 is 0 Å². The lowest BCUT2D eigenvalue weighted by atomic mass is 10.2. The van der Waals surface area contributed by atoms with Gasteiger partial charge in [0, 0.05) is 32.2 Å². The van der Waals surface area contributed by atoms with E-state index in [9.17, 15) is 10.2 Å². The highest BCUT2D eigenvalue weighted by Crippen LogP contribution is 2.01. The van der Waals surface area contributed by atoms with Crippen LogP contribution in [0, 0.1) is 0 Å². The van der Waals surface area contributed by atoms with E-state index < -0.39 is 12.2 Å². The Morgan fingerprint density at radius 2 is 1.36 bits per heavy atom. The van der Waals surface area contributed by atoms with E-state index in [-0.39, 0.29) is 19.1 Å². The Balaban J connectivity index is 4.02. The van der Waals surface area contributed by atoms with Crippen molar-refractivity contribution in [2.75, 3.05) is 26.2 Å². The largest absolute Gasteiger partial charge is 0.390 e. The second-order valence-electron chi connectivity index (χ2n) is 3.83. The predicted molar refractivity (Wildman–Crippen MR) is 56.8 cm³/mol. The van der Waals surface area contributed by atoms with Gasteiger partial charge in [-0.15, -0.1) is 0 Å². The highest BCUT2D eigenvalue weighted by Gasteiger charge is 2.16. The third kappa shape index (κ3) is 5.51. The Bertz CT molecular complexity index is 132. The summed E-state index contributed by atoms with van der Waals surface area (Å²) in [6.07, 6.45) is -1.08. The summed E-state index contributed by atoms with van der Waals surface area (Å²) >= 11 is 0. The van der Waals surface area contributed by atoms with E-state index in [4.69, 9.17) is 11.5 Å². The van der Waals surface area contributed by atoms with E-state index in [1.165, 1.54) is 0 Å². The minimum Gasteiger partial charge on any atom is -0.390 e. The molecule has 2 atom stereocenters. The predicted octanol–water partition coefficient (Wildman–Crippen LogP) is -1.66. The van der Waals surface area contributed by atoms with Crippen LogP contribution in [-0.4, -0.2) is 59.5 Å². The molecule has 0 radical (unpaired) electrons. The molecular weight excluding hydrogens is 182 g/mol. The maximum Gasteiger partial charge on any atom is 0.0789 e. The van der Waals surface area contributed by atoms with Gasteiger partial charge in [-0.25, -0.2) is 0 Å². The van der Waals surface area contributed by atoms with E-state index in [0.717, 1.165) is 0 Å². The van der Waals surface area contributed by atoms with Crippen LogP contribution in [0.3, 0.4) is 0 Å². The summed E-state index contributed by atoms with van der Waals surface area (Å²) in [5.41, 5.74) is 10.6. The lowest BCUT2D eigenvalue weighted by molar-refractivity contribution is 0.0589. The molecule has 0 rings (SSSR count). The molecule has 0 spiro atoms. The fourth-order valence-corrected chi connectivity index (χ4v) is 1.19. The lowest BCUT2D eigenvalue weighted by Crippen LogP contribution is -2.45. The van der Waals surface area contributed by atoms with Gasteiger partial charge in [0.1, 0.15) is 0 Å². The minimum atomic E-state index is -0.539. The van der Waals surface area contributed by atoms with Gasteiger partial charge in [-0.1, -0.05) is 0 Å². The number of nitrogens with zero attached hydrogens (tertiary/aromatic N) is 1. The molecule has 0 aliphatic rings. The summed E-state index contributed by atoms with van der Waals surface area (Å²) in [6.45, 7) is 5.44. The Morgan fingerprint density at radius 3 is 1.57 bits per heavy atom. The van der Waals surface area contributed by atoms with Crippen molar-refractivity contribution in [3.05, 3.63) is 0 Å². The zero-order chi connectivity index (χ0) is 11.1. The van der Waals surface area contributed by atoms with Gasteiger partial charge in [0.2, 0.25) is 0 Å². The molecule has 0 bridgehead atoms. The maximum atomic E-state index is 9.38. The fraction of sp³-hybridized carbons (Fsp3) is 1.00. The highest BCUT2D eigenvalue weighted by atomic mass is 16.3. The fourth-order valence-electron chi connectivity index (χ4n) is 1.19. The molecule has 5 nitrogen and oxygen atoms in total. The molecule has 0 saturated carbocycles. The van der Waals surface area contributed by atoms with Crippen LogP contribution in [0.15, 0.2) is 0 Å². The van der Waals surface area contributed by atoms with Gasteiger partial charge in [0.05, 0.1) is 12.2 Å². The molecule has 14 heavy (non-hydrogen) atoms. The molecule has 0 aromatic rings. The van der Waals surface area contributed by atoms with Crippen LogP contribution in [0.25, 0.3) is 0 Å². The first-order valence-corrected chi connectivity index (χ1v) is 5.01. The van der Waals surface area contributed by atoms with E-state index >= 15 is 0 Å². The smallest absolute Gasteiger partial charge is 0.0789 e. The molecule has 0 aliphatic carbocycles. The van der Waals surface area contributed by atoms with E-state index in [1.54, 1.807) is 0 Å². The van der Waals surface area contributed by atoms with Gasteiger partial charge in [-0.3, -0.25) is 4.90 Å². The summed E-state index contributed by atoms with van der Waals surface area (Å²) in [5, 5.41) is 18.8. The third-order valence-electron chi connectivity index (χ3n) is 2.16. The molecule has 5 heteroatoms. The maximum absolute atomic E-state index is 9.38. The summed E-state index contributed by atoms with van der Waals surface area (Å²) in [7, 11) is 0. The van der Waals surface area contributed by atoms with Crippen molar-refractivity contribution in [2.24, 2.45) is 11.5 Å². The highest BCUT2D eigenvalue weighted by molar-refractivity contribution is 4.72. The average molecular weight is 205 g/mol. The Kier molecular flexibility index (Phi) is 7.04. The van der Waals surface area contributed by atoms with Crippen LogP contribution in [0.4, 0.5) is 0 Å². The molecule has 0 saturated heterocycles. The SMILES string of the molecule is CC(C)N(C[C@@H](O)CN)C[C@@H](O)CN. The summed E-state index contributed by atoms with van der Waals surface area (Å²) in [4.78, 5) is 1.97. The van der Waals surface area contributed by atoms with Crippen molar-refractivity contribution in [1.29, 1.82) is 0 Å². The Hall–Kier alpha value is -0.200. The molecule has 0 amide bonds. The summed E-state index contributed by atoms with van der Waals surface area (Å²) < 4.78 is 0. The molecule has 0 aromatic heterocycles. The Morgan fingerprint density at radius 1 is 1.00 bits per heavy atom. The zero-order valence-electron chi connectivity index (χ0n) is 9.06. The molecule has 6 N–H and O–H groups in total. The first kappa shape index (κ1) is 13.8. The Labute approximate surface area is 85.7 Å². The number of aliphatic hydroxyl groups excluding tert-OH is 2. The normalized spacial score (nSPS) is 16.3. The number of nitrogens with two attached hydrogens (primary N) is 2. The molecule has 0 aliphatic heterocycles. The van der Waals surface area contributed by atoms with E-state index in [1.807, 2.05) is 18.7 Å². The zero-order valence-corrected chi connectivity index (χ0v) is 9.06. The van der Waals surface area contributed by atoms with E-state index in [0.29, 0.717) is 13.1 Å². The van der Waals surface area contributed by atoms with Crippen LogP contribution in [0.5, 0.6) is 0 Å². The van der Waals surface area contributed by atoms with Crippen molar-refractivity contribution < 1.29 is 10.2 Å². The molecular formula is C9H23N3O2. The molecule has 0 fully saturated rings. The van der Waals surface area contributed by atoms with Crippen molar-refractivity contribution >= 4 is 0 Å². The van der Waals surface area contributed by atoms with Crippen LogP contribution in [-0.2, 0) is 0 Å². The quantitative estimate of drug-likeness (QED) is 0.399. The summed E-state index contributed by atoms with van der Waals surface area (Å²) in [6, 6.07) is 0.261. The second kappa shape index (κ2) is 7.14. The third-order valence-corrected chi connectivity index (χ3v) is 2.16. The van der Waals surface area contributed by atoms with Crippen LogP contribution >= 0.6 is 0 Å². The van der Waals surface area contributed by atoms with Crippen molar-refractivity contribution in [3.63, 3.8) is 0 Å². The first-order valence-electron chi connectivity index (χ1n) is 5.01. The molecule has 86 valence electrons. The van der Waals surface area contributed by atoms with Crippen molar-refractivity contribution in [2.45, 2.75) is 32.1 Å². The monoisotopic (exact) mass is 205 g/mol. The van der Waals surface area contributed by atoms with Crippen LogP contribution in [0.2, 0.25) is 0 Å². The number of aliphatic hydroxyl groups is 2. The van der Waals surface area contributed by atoms with Gasteiger partial charge in [0.15, 0.2) is 0 Å².